The van der Waals surface area contributed by atoms with Crippen molar-refractivity contribution in [3.63, 3.8) is 0 Å². The minimum absolute atomic E-state index is 0.790. The molecule has 1 nitrogen and oxygen atoms in total. The van der Waals surface area contributed by atoms with E-state index in [2.05, 4.69) is 36.4 Å². The summed E-state index contributed by atoms with van der Waals surface area (Å²) in [6, 6.07) is 8.10. The van der Waals surface area contributed by atoms with E-state index in [0.717, 1.165) is 18.0 Å². The van der Waals surface area contributed by atoms with Gasteiger partial charge in [-0.3, -0.25) is 0 Å². The second-order valence-corrected chi connectivity index (χ2v) is 4.36. The van der Waals surface area contributed by atoms with Gasteiger partial charge in [-0.15, -0.1) is 6.58 Å². The quantitative estimate of drug-likeness (QED) is 0.680. The van der Waals surface area contributed by atoms with Crippen LogP contribution in [0.5, 0.6) is 0 Å². The number of hydrogen-bond donors (Lipinski definition) is 0. The molecule has 0 saturated carbocycles. The van der Waals surface area contributed by atoms with Crippen molar-refractivity contribution in [3.05, 3.63) is 47.6 Å². The first-order chi connectivity index (χ1) is 7.16. The maximum absolute atomic E-state index is 5.98. The summed E-state index contributed by atoms with van der Waals surface area (Å²) in [6.07, 6.45) is 3.11. The van der Waals surface area contributed by atoms with E-state index in [1.165, 1.54) is 16.5 Å². The van der Waals surface area contributed by atoms with Gasteiger partial charge in [0, 0.05) is 23.3 Å². The molecule has 0 unspecified atom stereocenters. The normalized spacial score (nSPS) is 10.8. The lowest BCUT2D eigenvalue weighted by atomic mass is 10.2. The van der Waals surface area contributed by atoms with E-state index in [-0.39, 0.29) is 0 Å². The number of nitrogens with zero attached hydrogens (tertiary/aromatic N) is 1. The number of halogens is 1. The average molecular weight is 220 g/mol. The highest BCUT2D eigenvalue weighted by Crippen LogP contribution is 2.21. The Kier molecular flexibility index (Phi) is 2.83. The lowest BCUT2D eigenvalue weighted by Crippen LogP contribution is -1.95. The van der Waals surface area contributed by atoms with Crippen molar-refractivity contribution in [1.29, 1.82) is 0 Å². The van der Waals surface area contributed by atoms with Gasteiger partial charge in [0.1, 0.15) is 0 Å². The van der Waals surface area contributed by atoms with Crippen LogP contribution in [0.25, 0.3) is 10.9 Å². The molecule has 2 rings (SSSR count). The predicted molar refractivity (Wildman–Crippen MR) is 66.4 cm³/mol. The lowest BCUT2D eigenvalue weighted by Gasteiger charge is -2.05. The monoisotopic (exact) mass is 219 g/mol. The van der Waals surface area contributed by atoms with Crippen molar-refractivity contribution in [2.45, 2.75) is 19.9 Å². The third kappa shape index (κ3) is 2.24. The summed E-state index contributed by atoms with van der Waals surface area (Å²) in [5.41, 5.74) is 2.41. The number of rotatable bonds is 3. The lowest BCUT2D eigenvalue weighted by molar-refractivity contribution is 0.719. The molecule has 1 aromatic carbocycles. The van der Waals surface area contributed by atoms with Gasteiger partial charge in [0.05, 0.1) is 0 Å². The van der Waals surface area contributed by atoms with Gasteiger partial charge in [0.2, 0.25) is 0 Å². The van der Waals surface area contributed by atoms with E-state index in [9.17, 15) is 0 Å². The van der Waals surface area contributed by atoms with Gasteiger partial charge in [0.15, 0.2) is 0 Å². The molecular formula is C13H14ClN. The van der Waals surface area contributed by atoms with E-state index in [0.29, 0.717) is 0 Å². The SMILES string of the molecule is C=C(C)CCn1ccc2ccc(Cl)cc21. The zero-order chi connectivity index (χ0) is 10.8. The minimum Gasteiger partial charge on any atom is -0.347 e. The standard InChI is InChI=1S/C13H14ClN/c1-10(2)5-7-15-8-6-11-3-4-12(14)9-13(11)15/h3-4,6,8-9H,1,5,7H2,2H3. The molecule has 0 atom stereocenters. The summed E-state index contributed by atoms with van der Waals surface area (Å²) in [7, 11) is 0. The molecule has 0 radical (unpaired) electrons. The summed E-state index contributed by atoms with van der Waals surface area (Å²) >= 11 is 5.98. The number of allylic oxidation sites excluding steroid dienone is 1. The topological polar surface area (TPSA) is 4.93 Å². The van der Waals surface area contributed by atoms with Gasteiger partial charge in [-0.25, -0.2) is 0 Å². The summed E-state index contributed by atoms with van der Waals surface area (Å²) in [4.78, 5) is 0. The molecule has 0 aliphatic rings. The Bertz CT molecular complexity index is 496. The van der Waals surface area contributed by atoms with Crippen LogP contribution in [0.1, 0.15) is 13.3 Å². The number of aromatic nitrogens is 1. The van der Waals surface area contributed by atoms with Crippen LogP contribution >= 0.6 is 11.6 Å². The van der Waals surface area contributed by atoms with Crippen LogP contribution in [0.2, 0.25) is 5.02 Å². The molecule has 0 bridgehead atoms. The maximum Gasteiger partial charge on any atom is 0.0495 e. The highest BCUT2D eigenvalue weighted by atomic mass is 35.5. The molecule has 15 heavy (non-hydrogen) atoms. The van der Waals surface area contributed by atoms with Crippen molar-refractivity contribution in [3.8, 4) is 0 Å². The van der Waals surface area contributed by atoms with Gasteiger partial charge in [-0.2, -0.15) is 0 Å². The van der Waals surface area contributed by atoms with Gasteiger partial charge in [-0.05, 0) is 36.9 Å². The molecule has 0 saturated heterocycles. The first kappa shape index (κ1) is 10.3. The molecule has 0 aliphatic carbocycles. The average Bonchev–Trinajstić information content (AvgIpc) is 2.57. The second-order valence-electron chi connectivity index (χ2n) is 3.92. The minimum atomic E-state index is 0.790. The first-order valence-corrected chi connectivity index (χ1v) is 5.43. The molecule has 2 aromatic rings. The van der Waals surface area contributed by atoms with E-state index in [4.69, 9.17) is 11.6 Å². The zero-order valence-corrected chi connectivity index (χ0v) is 9.59. The zero-order valence-electron chi connectivity index (χ0n) is 8.83. The largest absolute Gasteiger partial charge is 0.347 e. The third-order valence-electron chi connectivity index (χ3n) is 2.52. The van der Waals surface area contributed by atoms with Crippen LogP contribution in [-0.4, -0.2) is 4.57 Å². The molecule has 0 spiro atoms. The fourth-order valence-corrected chi connectivity index (χ4v) is 1.83. The van der Waals surface area contributed by atoms with Crippen molar-refractivity contribution < 1.29 is 0 Å². The molecule has 0 N–H and O–H groups in total. The summed E-state index contributed by atoms with van der Waals surface area (Å²) in [6.45, 7) is 6.94. The fraction of sp³-hybridized carbons (Fsp3) is 0.231. The Labute approximate surface area is 95.0 Å². The van der Waals surface area contributed by atoms with Gasteiger partial charge in [-0.1, -0.05) is 23.2 Å². The van der Waals surface area contributed by atoms with Crippen LogP contribution < -0.4 is 0 Å². The molecule has 0 fully saturated rings. The van der Waals surface area contributed by atoms with Crippen molar-refractivity contribution in [2.24, 2.45) is 0 Å². The van der Waals surface area contributed by atoms with E-state index < -0.39 is 0 Å². The Morgan fingerprint density at radius 2 is 2.20 bits per heavy atom. The first-order valence-electron chi connectivity index (χ1n) is 5.05. The molecule has 1 aromatic heterocycles. The number of hydrogen-bond acceptors (Lipinski definition) is 0. The highest BCUT2D eigenvalue weighted by Gasteiger charge is 2.01. The maximum atomic E-state index is 5.98. The summed E-state index contributed by atoms with van der Waals surface area (Å²) in [5.74, 6) is 0. The van der Waals surface area contributed by atoms with Gasteiger partial charge >= 0.3 is 0 Å². The van der Waals surface area contributed by atoms with E-state index in [1.54, 1.807) is 0 Å². The fourth-order valence-electron chi connectivity index (χ4n) is 1.66. The molecule has 2 heteroatoms. The van der Waals surface area contributed by atoms with Gasteiger partial charge in [0.25, 0.3) is 0 Å². The smallest absolute Gasteiger partial charge is 0.0495 e. The summed E-state index contributed by atoms with van der Waals surface area (Å²) < 4.78 is 2.22. The Morgan fingerprint density at radius 3 is 2.93 bits per heavy atom. The van der Waals surface area contributed by atoms with Crippen LogP contribution in [0.4, 0.5) is 0 Å². The number of fused-ring (bicyclic) bond motifs is 1. The van der Waals surface area contributed by atoms with Crippen molar-refractivity contribution in [1.82, 2.24) is 4.57 Å². The molecule has 0 amide bonds. The van der Waals surface area contributed by atoms with E-state index in [1.807, 2.05) is 12.1 Å². The van der Waals surface area contributed by atoms with Crippen LogP contribution in [-0.2, 0) is 6.54 Å². The highest BCUT2D eigenvalue weighted by molar-refractivity contribution is 6.31. The predicted octanol–water partition coefficient (Wildman–Crippen LogP) is 4.26. The third-order valence-corrected chi connectivity index (χ3v) is 2.75. The molecule has 78 valence electrons. The number of benzene rings is 1. The Balaban J connectivity index is 2.35. The number of aryl methyl sites for hydroxylation is 1. The van der Waals surface area contributed by atoms with Crippen LogP contribution in [0, 0.1) is 0 Å². The van der Waals surface area contributed by atoms with Crippen molar-refractivity contribution in [2.75, 3.05) is 0 Å². The molecule has 0 aliphatic heterocycles. The Morgan fingerprint density at radius 1 is 1.40 bits per heavy atom. The van der Waals surface area contributed by atoms with Gasteiger partial charge < -0.3 is 4.57 Å². The van der Waals surface area contributed by atoms with Crippen LogP contribution in [0.3, 0.4) is 0 Å². The van der Waals surface area contributed by atoms with Crippen LogP contribution in [0.15, 0.2) is 42.6 Å². The molecule has 1 heterocycles. The summed E-state index contributed by atoms with van der Waals surface area (Å²) in [5, 5.41) is 2.03. The second kappa shape index (κ2) is 4.11. The molecular weight excluding hydrogens is 206 g/mol. The Hall–Kier alpha value is -1.21. The van der Waals surface area contributed by atoms with E-state index >= 15 is 0 Å². The van der Waals surface area contributed by atoms with Crippen molar-refractivity contribution >= 4 is 22.5 Å².